The van der Waals surface area contributed by atoms with Crippen LogP contribution < -0.4 is 0 Å². The smallest absolute Gasteiger partial charge is 0.287 e. The molecular formula is C15H19N2O3P. The van der Waals surface area contributed by atoms with E-state index in [4.69, 9.17) is 14.3 Å². The Kier molecular flexibility index (Phi) is 4.97. The van der Waals surface area contributed by atoms with Crippen LogP contribution in [0.2, 0.25) is 0 Å². The number of rotatable bonds is 4. The summed E-state index contributed by atoms with van der Waals surface area (Å²) in [6.45, 7) is 3.70. The van der Waals surface area contributed by atoms with Crippen molar-refractivity contribution in [1.82, 2.24) is 4.67 Å². The Hall–Kier alpha value is -1.44. The average Bonchev–Trinajstić information content (AvgIpc) is 2.72. The first-order valence-corrected chi connectivity index (χ1v) is 8.29. The van der Waals surface area contributed by atoms with Crippen molar-refractivity contribution in [1.29, 1.82) is 5.26 Å². The van der Waals surface area contributed by atoms with Gasteiger partial charge in [0.2, 0.25) is 0 Å². The molecule has 0 radical (unpaired) electrons. The van der Waals surface area contributed by atoms with Gasteiger partial charge in [0, 0.05) is 6.04 Å². The zero-order valence-corrected chi connectivity index (χ0v) is 13.2. The minimum atomic E-state index is -3.48. The third-order valence-electron chi connectivity index (χ3n) is 3.53. The van der Waals surface area contributed by atoms with E-state index in [0.717, 1.165) is 5.56 Å². The van der Waals surface area contributed by atoms with Crippen LogP contribution in [0.25, 0.3) is 0 Å². The van der Waals surface area contributed by atoms with Crippen molar-refractivity contribution < 1.29 is 13.6 Å². The van der Waals surface area contributed by atoms with E-state index in [-0.39, 0.29) is 12.1 Å². The predicted molar refractivity (Wildman–Crippen MR) is 80.4 cm³/mol. The molecule has 1 fully saturated rings. The molecule has 0 bridgehead atoms. The molecule has 0 amide bonds. The van der Waals surface area contributed by atoms with Crippen LogP contribution in [0.15, 0.2) is 42.5 Å². The molecule has 0 N–H and O–H groups in total. The predicted octanol–water partition coefficient (Wildman–Crippen LogP) is 3.67. The monoisotopic (exact) mass is 306 g/mol. The maximum absolute atomic E-state index is 12.9. The molecule has 0 spiro atoms. The summed E-state index contributed by atoms with van der Waals surface area (Å²) in [4.78, 5) is 0. The molecule has 5 nitrogen and oxygen atoms in total. The van der Waals surface area contributed by atoms with Gasteiger partial charge in [-0.1, -0.05) is 36.4 Å². The van der Waals surface area contributed by atoms with Gasteiger partial charge in [0.05, 0.1) is 6.07 Å². The SMILES string of the molecule is C/C=C/C(C#N)O[P@@]1(=O)O[C@@H](c2ccccc2)[C@H](C)N1C. The van der Waals surface area contributed by atoms with Crippen LogP contribution in [0, 0.1) is 11.3 Å². The second-order valence-corrected chi connectivity index (χ2v) is 6.89. The van der Waals surface area contributed by atoms with Gasteiger partial charge in [0.1, 0.15) is 6.10 Å². The summed E-state index contributed by atoms with van der Waals surface area (Å²) in [6.07, 6.45) is 2.02. The molecule has 1 saturated heterocycles. The molecule has 1 aliphatic heterocycles. The number of hydrogen-bond acceptors (Lipinski definition) is 4. The minimum absolute atomic E-state index is 0.108. The van der Waals surface area contributed by atoms with Crippen molar-refractivity contribution in [2.45, 2.75) is 32.1 Å². The van der Waals surface area contributed by atoms with Gasteiger partial charge < -0.3 is 0 Å². The highest BCUT2D eigenvalue weighted by atomic mass is 31.2. The Bertz CT molecular complexity index is 597. The number of hydrogen-bond donors (Lipinski definition) is 0. The first kappa shape index (κ1) is 15.9. The van der Waals surface area contributed by atoms with Gasteiger partial charge in [0.15, 0.2) is 6.10 Å². The molecule has 1 aromatic rings. The summed E-state index contributed by atoms with van der Waals surface area (Å²) < 4.78 is 25.6. The van der Waals surface area contributed by atoms with E-state index in [1.807, 2.05) is 43.3 Å². The van der Waals surface area contributed by atoms with Crippen LogP contribution in [0.1, 0.15) is 25.5 Å². The summed E-state index contributed by atoms with van der Waals surface area (Å²) in [7, 11) is -1.79. The van der Waals surface area contributed by atoms with Crippen molar-refractivity contribution in [2.24, 2.45) is 0 Å². The molecule has 112 valence electrons. The van der Waals surface area contributed by atoms with Crippen molar-refractivity contribution in [3.05, 3.63) is 48.0 Å². The van der Waals surface area contributed by atoms with E-state index in [9.17, 15) is 4.57 Å². The zero-order valence-electron chi connectivity index (χ0n) is 12.3. The Morgan fingerprint density at radius 3 is 2.71 bits per heavy atom. The van der Waals surface area contributed by atoms with Crippen LogP contribution in [0.5, 0.6) is 0 Å². The topological polar surface area (TPSA) is 62.6 Å². The van der Waals surface area contributed by atoms with E-state index in [0.29, 0.717) is 0 Å². The van der Waals surface area contributed by atoms with E-state index < -0.39 is 13.9 Å². The van der Waals surface area contributed by atoms with Crippen molar-refractivity contribution >= 4 is 7.75 Å². The first-order valence-electron chi connectivity index (χ1n) is 6.79. The number of likely N-dealkylation sites (N-methyl/N-ethyl adjacent to an activating group) is 1. The highest BCUT2D eigenvalue weighted by Gasteiger charge is 2.49. The number of benzene rings is 1. The molecule has 0 saturated carbocycles. The molecule has 21 heavy (non-hydrogen) atoms. The van der Waals surface area contributed by atoms with Crippen molar-refractivity contribution in [2.75, 3.05) is 7.05 Å². The molecule has 0 aromatic heterocycles. The fourth-order valence-electron chi connectivity index (χ4n) is 2.23. The van der Waals surface area contributed by atoms with E-state index in [1.54, 1.807) is 30.8 Å². The van der Waals surface area contributed by atoms with E-state index >= 15 is 0 Å². The first-order chi connectivity index (χ1) is 10.0. The van der Waals surface area contributed by atoms with Gasteiger partial charge in [-0.25, -0.2) is 9.24 Å². The Morgan fingerprint density at radius 2 is 2.14 bits per heavy atom. The van der Waals surface area contributed by atoms with E-state index in [1.165, 1.54) is 0 Å². The average molecular weight is 306 g/mol. The minimum Gasteiger partial charge on any atom is -0.287 e. The Balaban J connectivity index is 2.23. The quantitative estimate of drug-likeness (QED) is 0.627. The van der Waals surface area contributed by atoms with Gasteiger partial charge >= 0.3 is 7.75 Å². The van der Waals surface area contributed by atoms with Crippen LogP contribution >= 0.6 is 7.75 Å². The lowest BCUT2D eigenvalue weighted by Gasteiger charge is -2.21. The third kappa shape index (κ3) is 3.25. The third-order valence-corrected chi connectivity index (χ3v) is 5.65. The number of allylic oxidation sites excluding steroid dienone is 1. The Labute approximate surface area is 125 Å². The van der Waals surface area contributed by atoms with Gasteiger partial charge in [-0.05, 0) is 32.5 Å². The summed E-state index contributed by atoms with van der Waals surface area (Å²) in [5.74, 6) is 0. The van der Waals surface area contributed by atoms with E-state index in [2.05, 4.69) is 0 Å². The van der Waals surface area contributed by atoms with Gasteiger partial charge in [-0.15, -0.1) is 0 Å². The zero-order chi connectivity index (χ0) is 15.5. The Morgan fingerprint density at radius 1 is 1.48 bits per heavy atom. The maximum Gasteiger partial charge on any atom is 0.410 e. The lowest BCUT2D eigenvalue weighted by atomic mass is 10.0. The highest BCUT2D eigenvalue weighted by Crippen LogP contribution is 2.63. The second kappa shape index (κ2) is 6.55. The largest absolute Gasteiger partial charge is 0.410 e. The molecule has 6 heteroatoms. The maximum atomic E-state index is 12.9. The fraction of sp³-hybridized carbons (Fsp3) is 0.400. The summed E-state index contributed by atoms with van der Waals surface area (Å²) in [5.41, 5.74) is 0.942. The standard InChI is InChI=1S/C15H19N2O3P/c1-4-8-14(11-16)19-21(18)17(3)12(2)15(20-21)13-9-6-5-7-10-13/h4-10,12,14-15H,1-3H3/b8-4+/t12-,14?,15+,21+/m0/s1. The summed E-state index contributed by atoms with van der Waals surface area (Å²) >= 11 is 0. The molecule has 1 aliphatic rings. The van der Waals surface area contributed by atoms with Gasteiger partial charge in [-0.2, -0.15) is 5.26 Å². The number of nitrogens with zero attached hydrogens (tertiary/aromatic N) is 2. The molecule has 1 heterocycles. The van der Waals surface area contributed by atoms with Gasteiger partial charge in [0.25, 0.3) is 0 Å². The van der Waals surface area contributed by atoms with Crippen LogP contribution in [0.4, 0.5) is 0 Å². The van der Waals surface area contributed by atoms with Crippen molar-refractivity contribution in [3.63, 3.8) is 0 Å². The molecule has 2 rings (SSSR count). The summed E-state index contributed by atoms with van der Waals surface area (Å²) in [5, 5.41) is 9.05. The molecular weight excluding hydrogens is 287 g/mol. The van der Waals surface area contributed by atoms with Crippen LogP contribution in [-0.4, -0.2) is 23.9 Å². The second-order valence-electron chi connectivity index (χ2n) is 4.90. The highest BCUT2D eigenvalue weighted by molar-refractivity contribution is 7.51. The molecule has 1 unspecified atom stereocenters. The lowest BCUT2D eigenvalue weighted by Crippen LogP contribution is -2.24. The van der Waals surface area contributed by atoms with Crippen LogP contribution in [-0.2, 0) is 13.6 Å². The lowest BCUT2D eigenvalue weighted by molar-refractivity contribution is 0.166. The molecule has 0 aliphatic carbocycles. The van der Waals surface area contributed by atoms with Gasteiger partial charge in [-0.3, -0.25) is 9.05 Å². The molecule has 1 aromatic carbocycles. The van der Waals surface area contributed by atoms with Crippen molar-refractivity contribution in [3.8, 4) is 6.07 Å². The van der Waals surface area contributed by atoms with Crippen LogP contribution in [0.3, 0.4) is 0 Å². The number of nitriles is 1. The summed E-state index contributed by atoms with van der Waals surface area (Å²) in [6, 6.07) is 11.4. The normalized spacial score (nSPS) is 31.3. The fourth-order valence-corrected chi connectivity index (χ4v) is 4.13. The molecule has 4 atom stereocenters.